The molecule has 1 N–H and O–H groups in total. The zero-order chi connectivity index (χ0) is 33.6. The number of allylic oxidation sites excluding steroid dienone is 2. The van der Waals surface area contributed by atoms with Gasteiger partial charge in [-0.2, -0.15) is 0 Å². The van der Waals surface area contributed by atoms with E-state index in [9.17, 15) is 38.8 Å². The number of nitro groups is 1. The van der Waals surface area contributed by atoms with Gasteiger partial charge < -0.3 is 9.84 Å². The van der Waals surface area contributed by atoms with Gasteiger partial charge in [-0.05, 0) is 55.2 Å². The van der Waals surface area contributed by atoms with E-state index in [1.807, 2.05) is 0 Å². The summed E-state index contributed by atoms with van der Waals surface area (Å²) in [6, 6.07) is 14.0. The number of imide groups is 2. The number of nitrogens with zero attached hydrogens (tertiary/aromatic N) is 3. The number of amides is 4. The minimum Gasteiger partial charge on any atom is -0.508 e. The Morgan fingerprint density at radius 2 is 1.66 bits per heavy atom. The number of non-ortho nitro benzene ring substituents is 1. The van der Waals surface area contributed by atoms with E-state index >= 15 is 0 Å². The first-order valence-electron chi connectivity index (χ1n) is 14.5. The third-order valence-corrected chi connectivity index (χ3v) is 11.1. The van der Waals surface area contributed by atoms with Crippen LogP contribution >= 0.6 is 23.2 Å². The molecule has 11 nitrogen and oxygen atoms in total. The Morgan fingerprint density at radius 1 is 0.936 bits per heavy atom. The number of aromatic hydroxyl groups is 1. The van der Waals surface area contributed by atoms with Crippen LogP contribution in [0.5, 0.6) is 11.5 Å². The Hall–Kier alpha value is -4.81. The van der Waals surface area contributed by atoms with E-state index in [0.29, 0.717) is 11.1 Å². The van der Waals surface area contributed by atoms with E-state index in [1.165, 1.54) is 55.6 Å². The van der Waals surface area contributed by atoms with Gasteiger partial charge in [0.1, 0.15) is 17.3 Å². The number of nitro benzene ring substituents is 1. The number of fused-ring (bicyclic) bond motifs is 4. The van der Waals surface area contributed by atoms with Crippen molar-refractivity contribution in [3.63, 3.8) is 0 Å². The first-order chi connectivity index (χ1) is 22.3. The number of carbonyl (C=O) groups excluding carboxylic acids is 4. The highest BCUT2D eigenvalue weighted by atomic mass is 35.5. The van der Waals surface area contributed by atoms with Gasteiger partial charge in [-0.15, -0.1) is 23.2 Å². The van der Waals surface area contributed by atoms with Gasteiger partial charge in [0.15, 0.2) is 9.75 Å². The summed E-state index contributed by atoms with van der Waals surface area (Å²) in [6.45, 7) is 0. The fourth-order valence-corrected chi connectivity index (χ4v) is 8.61. The van der Waals surface area contributed by atoms with Crippen LogP contribution in [0.25, 0.3) is 0 Å². The molecule has 6 atom stereocenters. The largest absolute Gasteiger partial charge is 0.508 e. The monoisotopic (exact) mass is 679 g/mol. The molecule has 3 fully saturated rings. The lowest BCUT2D eigenvalue weighted by Gasteiger charge is -2.50. The van der Waals surface area contributed by atoms with E-state index in [-0.39, 0.29) is 41.4 Å². The smallest absolute Gasteiger partial charge is 0.271 e. The highest BCUT2D eigenvalue weighted by molar-refractivity contribution is 6.58. The molecular weight excluding hydrogens is 656 g/mol. The second-order valence-corrected chi connectivity index (χ2v) is 13.2. The molecule has 2 heterocycles. The summed E-state index contributed by atoms with van der Waals surface area (Å²) in [4.78, 5) is 65.0. The lowest BCUT2D eigenvalue weighted by atomic mass is 9.56. The van der Waals surface area contributed by atoms with Crippen molar-refractivity contribution in [1.82, 2.24) is 0 Å². The summed E-state index contributed by atoms with van der Waals surface area (Å²) >= 11 is 14.7. The minimum atomic E-state index is -2.19. The molecule has 3 aromatic carbocycles. The molecule has 0 bridgehead atoms. The molecular formula is C33H24Cl2FN3O8. The summed E-state index contributed by atoms with van der Waals surface area (Å²) in [6.07, 6.45) is 1.48. The summed E-state index contributed by atoms with van der Waals surface area (Å²) in [5.74, 6) is -7.59. The number of rotatable bonds is 5. The van der Waals surface area contributed by atoms with Crippen LogP contribution in [0, 0.1) is 33.7 Å². The first kappa shape index (κ1) is 30.8. The molecule has 14 heteroatoms. The second kappa shape index (κ2) is 10.6. The van der Waals surface area contributed by atoms with Gasteiger partial charge >= 0.3 is 0 Å². The predicted octanol–water partition coefficient (Wildman–Crippen LogP) is 5.22. The Kier molecular flexibility index (Phi) is 6.96. The van der Waals surface area contributed by atoms with Crippen LogP contribution in [0.15, 0.2) is 78.4 Å². The molecule has 7 rings (SSSR count). The normalized spacial score (nSPS) is 29.7. The third kappa shape index (κ3) is 4.17. The van der Waals surface area contributed by atoms with Crippen LogP contribution in [-0.2, 0) is 19.2 Å². The van der Waals surface area contributed by atoms with Crippen LogP contribution in [0.2, 0.25) is 0 Å². The number of ether oxygens (including phenoxy) is 1. The van der Waals surface area contributed by atoms with Crippen LogP contribution < -0.4 is 14.5 Å². The van der Waals surface area contributed by atoms with Crippen molar-refractivity contribution in [3.05, 3.63) is 99.9 Å². The zero-order valence-electron chi connectivity index (χ0n) is 24.4. The second-order valence-electron chi connectivity index (χ2n) is 12.0. The molecule has 0 spiro atoms. The standard InChI is InChI=1S/C33H24Cl2FN3O8/c1-47-25-14-20(40)9-10-22(25)27-21-11-12-23-26(29(42)37(28(23)41)18-3-2-4-19(13-18)39(45)46)24(21)15-32(34)30(43)38(31(44)33(27,32)35)17-7-5-16(36)6-8-17/h2-11,13-14,23-24,26-27,40H,12,15H2,1H3. The number of halogens is 3. The molecule has 2 aliphatic carbocycles. The number of hydrogen-bond donors (Lipinski definition) is 1. The van der Waals surface area contributed by atoms with Gasteiger partial charge in [0.25, 0.3) is 17.5 Å². The molecule has 2 aliphatic heterocycles. The molecule has 4 amide bonds. The number of hydrogen-bond acceptors (Lipinski definition) is 8. The van der Waals surface area contributed by atoms with Crippen LogP contribution in [0.3, 0.4) is 0 Å². The number of phenols is 1. The quantitative estimate of drug-likeness (QED) is 0.127. The third-order valence-electron chi connectivity index (χ3n) is 9.72. The number of alkyl halides is 2. The van der Waals surface area contributed by atoms with Crippen molar-refractivity contribution in [2.24, 2.45) is 17.8 Å². The van der Waals surface area contributed by atoms with Crippen molar-refractivity contribution >= 4 is 63.9 Å². The SMILES string of the molecule is COc1cc(O)ccc1C1C2=CCC3C(=O)N(c4cccc([N+](=O)[O-])c4)C(=O)C3C2CC2(Cl)C(=O)N(c3ccc(F)cc3)C(=O)C12Cl. The summed E-state index contributed by atoms with van der Waals surface area (Å²) in [7, 11) is 1.35. The zero-order valence-corrected chi connectivity index (χ0v) is 25.9. The highest BCUT2D eigenvalue weighted by Crippen LogP contribution is 2.66. The van der Waals surface area contributed by atoms with E-state index in [0.717, 1.165) is 28.0 Å². The fraction of sp³-hybridized carbons (Fsp3) is 0.273. The summed E-state index contributed by atoms with van der Waals surface area (Å²) < 4.78 is 19.4. The van der Waals surface area contributed by atoms with Gasteiger partial charge in [0.2, 0.25) is 11.8 Å². The first-order valence-corrected chi connectivity index (χ1v) is 15.3. The van der Waals surface area contributed by atoms with Gasteiger partial charge in [0.05, 0.1) is 35.2 Å². The Balaban J connectivity index is 1.40. The molecule has 4 aliphatic rings. The van der Waals surface area contributed by atoms with Crippen molar-refractivity contribution in [3.8, 4) is 11.5 Å². The maximum Gasteiger partial charge on any atom is 0.271 e. The fourth-order valence-electron chi connectivity index (χ4n) is 7.68. The van der Waals surface area contributed by atoms with E-state index < -0.39 is 67.8 Å². The molecule has 1 saturated carbocycles. The molecule has 6 unspecified atom stereocenters. The number of methoxy groups -OCH3 is 1. The maximum atomic E-state index is 14.4. The van der Waals surface area contributed by atoms with Crippen molar-refractivity contribution in [2.75, 3.05) is 16.9 Å². The lowest BCUT2D eigenvalue weighted by molar-refractivity contribution is -0.384. The topological polar surface area (TPSA) is 147 Å². The lowest BCUT2D eigenvalue weighted by Crippen LogP contribution is -2.60. The van der Waals surface area contributed by atoms with Crippen molar-refractivity contribution in [1.29, 1.82) is 0 Å². The predicted molar refractivity (Wildman–Crippen MR) is 167 cm³/mol. The van der Waals surface area contributed by atoms with Gasteiger partial charge in [0, 0.05) is 29.7 Å². The highest BCUT2D eigenvalue weighted by Gasteiger charge is 2.77. The number of phenolic OH excluding ortho intramolecular Hbond substituents is 1. The average Bonchev–Trinajstić information content (AvgIpc) is 3.39. The molecule has 47 heavy (non-hydrogen) atoms. The van der Waals surface area contributed by atoms with Gasteiger partial charge in [-0.3, -0.25) is 29.3 Å². The van der Waals surface area contributed by atoms with Crippen LogP contribution in [0.4, 0.5) is 21.5 Å². The van der Waals surface area contributed by atoms with Crippen molar-refractivity contribution in [2.45, 2.75) is 28.5 Å². The summed E-state index contributed by atoms with van der Waals surface area (Å²) in [5.41, 5.74) is 0.530. The Labute approximate surface area is 276 Å². The van der Waals surface area contributed by atoms with Crippen LogP contribution in [0.1, 0.15) is 24.3 Å². The molecule has 3 aromatic rings. The summed E-state index contributed by atoms with van der Waals surface area (Å²) in [5, 5.41) is 21.7. The molecule has 240 valence electrons. The van der Waals surface area contributed by atoms with E-state index in [1.54, 1.807) is 6.08 Å². The Morgan fingerprint density at radius 3 is 2.34 bits per heavy atom. The maximum absolute atomic E-state index is 14.4. The number of anilines is 2. The Bertz CT molecular complexity index is 1950. The van der Waals surface area contributed by atoms with E-state index in [2.05, 4.69) is 0 Å². The molecule has 0 aromatic heterocycles. The molecule has 2 saturated heterocycles. The van der Waals surface area contributed by atoms with E-state index in [4.69, 9.17) is 27.9 Å². The number of carbonyl (C=O) groups is 4. The van der Waals surface area contributed by atoms with Gasteiger partial charge in [-0.1, -0.05) is 23.8 Å². The van der Waals surface area contributed by atoms with Gasteiger partial charge in [-0.25, -0.2) is 14.2 Å². The van der Waals surface area contributed by atoms with Crippen molar-refractivity contribution < 1.29 is 38.3 Å². The van der Waals surface area contributed by atoms with Crippen LogP contribution in [-0.4, -0.2) is 50.5 Å². The average molecular weight is 680 g/mol. The molecule has 0 radical (unpaired) electrons. The number of benzene rings is 3. The minimum absolute atomic E-state index is 0.0274.